The summed E-state index contributed by atoms with van der Waals surface area (Å²) in [6, 6.07) is 16.0. The van der Waals surface area contributed by atoms with E-state index in [0.29, 0.717) is 11.6 Å². The van der Waals surface area contributed by atoms with Crippen LogP contribution in [0, 0.1) is 0 Å². The molecule has 0 aromatic heterocycles. The average Bonchev–Trinajstić information content (AvgIpc) is 2.99. The number of carbonyl (C=O) groups is 1. The van der Waals surface area contributed by atoms with E-state index in [-0.39, 0.29) is 5.70 Å². The SMILES string of the molecule is CCC.[N-]=[N+]=Nc1ccc(/C=C2/N=C(c3ccccc3)OC2=O)cc1. The number of cyclic esters (lactones) is 1. The van der Waals surface area contributed by atoms with Crippen molar-refractivity contribution in [1.82, 2.24) is 0 Å². The summed E-state index contributed by atoms with van der Waals surface area (Å²) in [7, 11) is 0. The second kappa shape index (κ2) is 9.05. The molecule has 6 heteroatoms. The number of benzene rings is 2. The summed E-state index contributed by atoms with van der Waals surface area (Å²) in [6.07, 6.45) is 2.87. The molecule has 0 fully saturated rings. The monoisotopic (exact) mass is 334 g/mol. The van der Waals surface area contributed by atoms with Crippen LogP contribution in [0.2, 0.25) is 0 Å². The lowest BCUT2D eigenvalue weighted by molar-refractivity contribution is -0.129. The predicted octanol–water partition coefficient (Wildman–Crippen LogP) is 5.39. The lowest BCUT2D eigenvalue weighted by atomic mass is 10.2. The van der Waals surface area contributed by atoms with E-state index in [1.54, 1.807) is 30.3 Å². The molecule has 0 saturated carbocycles. The van der Waals surface area contributed by atoms with Crippen molar-refractivity contribution >= 4 is 23.6 Å². The van der Waals surface area contributed by atoms with Gasteiger partial charge < -0.3 is 4.74 Å². The Kier molecular flexibility index (Phi) is 6.51. The number of aliphatic imine (C=N–C) groups is 1. The fourth-order valence-electron chi connectivity index (χ4n) is 1.96. The molecule has 1 aliphatic heterocycles. The fourth-order valence-corrected chi connectivity index (χ4v) is 1.96. The highest BCUT2D eigenvalue weighted by atomic mass is 16.6. The average molecular weight is 334 g/mol. The lowest BCUT2D eigenvalue weighted by Crippen LogP contribution is -2.04. The molecule has 1 aliphatic rings. The van der Waals surface area contributed by atoms with E-state index < -0.39 is 5.97 Å². The van der Waals surface area contributed by atoms with Crippen molar-refractivity contribution in [3.8, 4) is 0 Å². The molecule has 0 unspecified atom stereocenters. The normalized spacial score (nSPS) is 14.1. The number of azide groups is 1. The van der Waals surface area contributed by atoms with Crippen LogP contribution >= 0.6 is 0 Å². The number of esters is 1. The van der Waals surface area contributed by atoms with Crippen LogP contribution in [0.5, 0.6) is 0 Å². The number of hydrogen-bond donors (Lipinski definition) is 0. The Hall–Kier alpha value is -3.37. The maximum Gasteiger partial charge on any atom is 0.363 e. The van der Waals surface area contributed by atoms with Gasteiger partial charge in [0, 0.05) is 16.2 Å². The molecule has 0 bridgehead atoms. The van der Waals surface area contributed by atoms with Gasteiger partial charge in [-0.3, -0.25) is 0 Å². The Morgan fingerprint density at radius 3 is 2.36 bits per heavy atom. The smallest absolute Gasteiger partial charge is 0.363 e. The second-order valence-corrected chi connectivity index (χ2v) is 5.19. The minimum atomic E-state index is -0.488. The Balaban J connectivity index is 0.000000701. The first-order valence-corrected chi connectivity index (χ1v) is 7.91. The molecule has 0 saturated heterocycles. The third-order valence-corrected chi connectivity index (χ3v) is 3.00. The molecule has 1 heterocycles. The number of rotatable bonds is 3. The van der Waals surface area contributed by atoms with E-state index in [9.17, 15) is 4.79 Å². The molecule has 0 amide bonds. The van der Waals surface area contributed by atoms with Crippen molar-refractivity contribution < 1.29 is 9.53 Å². The minimum Gasteiger partial charge on any atom is -0.402 e. The summed E-state index contributed by atoms with van der Waals surface area (Å²) in [5.74, 6) is -0.194. The van der Waals surface area contributed by atoms with E-state index in [2.05, 4.69) is 28.9 Å². The van der Waals surface area contributed by atoms with Crippen molar-refractivity contribution in [2.45, 2.75) is 20.3 Å². The van der Waals surface area contributed by atoms with E-state index in [4.69, 9.17) is 10.3 Å². The van der Waals surface area contributed by atoms with E-state index >= 15 is 0 Å². The van der Waals surface area contributed by atoms with E-state index in [1.807, 2.05) is 30.3 Å². The zero-order valence-corrected chi connectivity index (χ0v) is 14.1. The van der Waals surface area contributed by atoms with Crippen molar-refractivity contribution in [3.63, 3.8) is 0 Å². The quantitative estimate of drug-likeness (QED) is 0.248. The maximum atomic E-state index is 11.9. The molecule has 126 valence electrons. The number of carbonyl (C=O) groups excluding carboxylic acids is 1. The number of nitrogens with zero attached hydrogens (tertiary/aromatic N) is 4. The van der Waals surface area contributed by atoms with Crippen LogP contribution in [0.4, 0.5) is 5.69 Å². The highest BCUT2D eigenvalue weighted by Gasteiger charge is 2.23. The summed E-state index contributed by atoms with van der Waals surface area (Å²) < 4.78 is 5.17. The molecule has 6 nitrogen and oxygen atoms in total. The zero-order chi connectivity index (χ0) is 18.1. The van der Waals surface area contributed by atoms with Gasteiger partial charge in [-0.05, 0) is 29.3 Å². The first-order chi connectivity index (χ1) is 12.2. The van der Waals surface area contributed by atoms with Gasteiger partial charge in [-0.25, -0.2) is 9.79 Å². The number of ether oxygens (including phenoxy) is 1. The van der Waals surface area contributed by atoms with Crippen LogP contribution in [0.15, 0.2) is 70.4 Å². The predicted molar refractivity (Wildman–Crippen MR) is 98.3 cm³/mol. The molecule has 25 heavy (non-hydrogen) atoms. The van der Waals surface area contributed by atoms with Gasteiger partial charge in [0.15, 0.2) is 5.70 Å². The van der Waals surface area contributed by atoms with Crippen molar-refractivity contribution in [2.24, 2.45) is 10.1 Å². The standard InChI is InChI=1S/C16H10N4O2.C3H8/c17-20-19-13-8-6-11(7-9-13)10-14-16(21)22-15(18-14)12-4-2-1-3-5-12;1-3-2/h1-10H;3H2,1-2H3/b14-10+;. The summed E-state index contributed by atoms with van der Waals surface area (Å²) >= 11 is 0. The first kappa shape index (κ1) is 18.0. The lowest BCUT2D eigenvalue weighted by Gasteiger charge is -1.97. The van der Waals surface area contributed by atoms with Gasteiger partial charge in [0.25, 0.3) is 0 Å². The Morgan fingerprint density at radius 1 is 1.12 bits per heavy atom. The molecular formula is C19H18N4O2. The Labute approximate surface area is 146 Å². The van der Waals surface area contributed by atoms with Crippen LogP contribution in [-0.2, 0) is 9.53 Å². The molecule has 0 N–H and O–H groups in total. The van der Waals surface area contributed by atoms with Gasteiger partial charge in [-0.15, -0.1) is 0 Å². The molecule has 0 aliphatic carbocycles. The van der Waals surface area contributed by atoms with Gasteiger partial charge >= 0.3 is 5.97 Å². The van der Waals surface area contributed by atoms with Crippen LogP contribution in [0.25, 0.3) is 16.5 Å². The summed E-state index contributed by atoms with van der Waals surface area (Å²) in [5, 5.41) is 3.49. The summed E-state index contributed by atoms with van der Waals surface area (Å²) in [5.41, 5.74) is 10.6. The van der Waals surface area contributed by atoms with Gasteiger partial charge in [0.05, 0.1) is 0 Å². The van der Waals surface area contributed by atoms with Crippen LogP contribution in [-0.4, -0.2) is 11.9 Å². The van der Waals surface area contributed by atoms with Crippen molar-refractivity contribution in [2.75, 3.05) is 0 Å². The van der Waals surface area contributed by atoms with Crippen LogP contribution < -0.4 is 0 Å². The minimum absolute atomic E-state index is 0.232. The Morgan fingerprint density at radius 2 is 1.76 bits per heavy atom. The molecular weight excluding hydrogens is 316 g/mol. The van der Waals surface area contributed by atoms with Crippen LogP contribution in [0.1, 0.15) is 31.4 Å². The molecule has 2 aromatic carbocycles. The van der Waals surface area contributed by atoms with E-state index in [1.165, 1.54) is 6.42 Å². The van der Waals surface area contributed by atoms with Crippen molar-refractivity contribution in [1.29, 1.82) is 0 Å². The van der Waals surface area contributed by atoms with Crippen molar-refractivity contribution in [3.05, 3.63) is 81.9 Å². The zero-order valence-electron chi connectivity index (χ0n) is 14.1. The summed E-state index contributed by atoms with van der Waals surface area (Å²) in [4.78, 5) is 18.8. The molecule has 2 aromatic rings. The third kappa shape index (κ3) is 5.06. The maximum absolute atomic E-state index is 11.9. The highest BCUT2D eigenvalue weighted by Crippen LogP contribution is 2.20. The van der Waals surface area contributed by atoms with Crippen LogP contribution in [0.3, 0.4) is 0 Å². The fraction of sp³-hybridized carbons (Fsp3) is 0.158. The highest BCUT2D eigenvalue weighted by molar-refractivity contribution is 6.12. The second-order valence-electron chi connectivity index (χ2n) is 5.19. The largest absolute Gasteiger partial charge is 0.402 e. The molecule has 0 radical (unpaired) electrons. The van der Waals surface area contributed by atoms with Gasteiger partial charge in [0.1, 0.15) is 0 Å². The van der Waals surface area contributed by atoms with Gasteiger partial charge in [-0.1, -0.05) is 67.8 Å². The molecule has 0 atom stereocenters. The van der Waals surface area contributed by atoms with Gasteiger partial charge in [0.2, 0.25) is 5.90 Å². The molecule has 0 spiro atoms. The number of hydrogen-bond acceptors (Lipinski definition) is 4. The van der Waals surface area contributed by atoms with Gasteiger partial charge in [-0.2, -0.15) is 0 Å². The topological polar surface area (TPSA) is 87.4 Å². The summed E-state index contributed by atoms with van der Waals surface area (Å²) in [6.45, 7) is 4.25. The Bertz CT molecular complexity index is 833. The molecule has 3 rings (SSSR count). The van der Waals surface area contributed by atoms with E-state index in [0.717, 1.165) is 11.1 Å². The first-order valence-electron chi connectivity index (χ1n) is 7.91. The third-order valence-electron chi connectivity index (χ3n) is 3.00.